The van der Waals surface area contributed by atoms with Gasteiger partial charge in [0.05, 0.1) is 11.9 Å². The van der Waals surface area contributed by atoms with Crippen molar-refractivity contribution in [2.75, 3.05) is 0 Å². The molecule has 4 heteroatoms. The molecule has 1 heterocycles. The fourth-order valence-corrected chi connectivity index (χ4v) is 2.83. The van der Waals surface area contributed by atoms with E-state index in [1.54, 1.807) is 4.73 Å². The highest BCUT2D eigenvalue weighted by Crippen LogP contribution is 2.31. The molecule has 0 aliphatic rings. The first-order valence-corrected chi connectivity index (χ1v) is 8.79. The van der Waals surface area contributed by atoms with Gasteiger partial charge in [0.1, 0.15) is 11.5 Å². The molecule has 27 heavy (non-hydrogen) atoms. The lowest BCUT2D eigenvalue weighted by molar-refractivity contribution is -0.601. The minimum atomic E-state index is 0.721. The van der Waals surface area contributed by atoms with Crippen LogP contribution in [0.2, 0.25) is 0 Å². The molecule has 0 amide bonds. The van der Waals surface area contributed by atoms with Crippen molar-refractivity contribution in [3.8, 4) is 22.9 Å². The minimum absolute atomic E-state index is 0.721. The van der Waals surface area contributed by atoms with Crippen LogP contribution in [0.15, 0.2) is 85.2 Å². The topological polar surface area (TPSA) is 27.3 Å². The van der Waals surface area contributed by atoms with E-state index in [0.29, 0.717) is 0 Å². The zero-order chi connectivity index (χ0) is 18.6. The third-order valence-corrected chi connectivity index (χ3v) is 4.23. The molecule has 0 aliphatic carbocycles. The zero-order valence-corrected chi connectivity index (χ0v) is 15.3. The molecule has 3 aromatic carbocycles. The smallest absolute Gasteiger partial charge is 0.286 e. The number of para-hydroxylation sites is 2. The first-order valence-electron chi connectivity index (χ1n) is 8.79. The molecule has 0 unspecified atom stereocenters. The predicted octanol–water partition coefficient (Wildman–Crippen LogP) is 4.82. The Balaban J connectivity index is 1.59. The second kappa shape index (κ2) is 7.38. The number of benzene rings is 3. The van der Waals surface area contributed by atoms with Crippen LogP contribution in [0.3, 0.4) is 0 Å². The Hall–Kier alpha value is -3.53. The Kier molecular flexibility index (Phi) is 4.62. The lowest BCUT2D eigenvalue weighted by Crippen LogP contribution is -2.28. The van der Waals surface area contributed by atoms with Crippen molar-refractivity contribution in [2.24, 2.45) is 0 Å². The van der Waals surface area contributed by atoms with E-state index >= 15 is 0 Å². The van der Waals surface area contributed by atoms with Crippen molar-refractivity contribution < 1.29 is 14.1 Å². The van der Waals surface area contributed by atoms with E-state index in [1.165, 1.54) is 0 Å². The molecule has 4 nitrogen and oxygen atoms in total. The van der Waals surface area contributed by atoms with Gasteiger partial charge in [0.2, 0.25) is 0 Å². The molecule has 0 aliphatic heterocycles. The van der Waals surface area contributed by atoms with Crippen molar-refractivity contribution in [3.63, 3.8) is 0 Å². The van der Waals surface area contributed by atoms with Gasteiger partial charge in [-0.05, 0) is 43.2 Å². The van der Waals surface area contributed by atoms with Gasteiger partial charge in [0.25, 0.3) is 6.33 Å². The van der Waals surface area contributed by atoms with E-state index in [2.05, 4.69) is 12.4 Å². The van der Waals surface area contributed by atoms with Gasteiger partial charge in [-0.25, -0.2) is 0 Å². The molecule has 4 rings (SSSR count). The van der Waals surface area contributed by atoms with Crippen molar-refractivity contribution in [1.82, 2.24) is 4.73 Å². The second-order valence-electron chi connectivity index (χ2n) is 6.32. The standard InChI is InChI=1S/C23H20N2O2/c1-18-15-19(2)23(16-22(18)26-21-11-7-4-8-12-21)27-25-14-13-24(17-25)20-9-5-3-6-10-20/h3-16H,1-2H3. The molecule has 4 aromatic rings. The highest BCUT2D eigenvalue weighted by molar-refractivity contribution is 5.47. The lowest BCUT2D eigenvalue weighted by Gasteiger charge is -2.12. The molecule has 0 spiro atoms. The Morgan fingerprint density at radius 3 is 2.22 bits per heavy atom. The van der Waals surface area contributed by atoms with Crippen molar-refractivity contribution in [3.05, 3.63) is 103 Å². The molecule has 0 radical (unpaired) electrons. The third kappa shape index (κ3) is 3.85. The van der Waals surface area contributed by atoms with Crippen LogP contribution in [0.5, 0.6) is 17.2 Å². The largest absolute Gasteiger partial charge is 0.457 e. The minimum Gasteiger partial charge on any atom is -0.457 e. The van der Waals surface area contributed by atoms with E-state index in [-0.39, 0.29) is 0 Å². The number of rotatable bonds is 5. The Morgan fingerprint density at radius 2 is 1.48 bits per heavy atom. The number of hydrogen-bond acceptors (Lipinski definition) is 2. The van der Waals surface area contributed by atoms with Gasteiger partial charge in [0.15, 0.2) is 5.75 Å². The van der Waals surface area contributed by atoms with Crippen LogP contribution in [0, 0.1) is 20.2 Å². The summed E-state index contributed by atoms with van der Waals surface area (Å²) in [7, 11) is 0. The van der Waals surface area contributed by atoms with Gasteiger partial charge in [-0.1, -0.05) is 48.5 Å². The first-order chi connectivity index (χ1) is 13.2. The van der Waals surface area contributed by atoms with Gasteiger partial charge in [0, 0.05) is 12.3 Å². The maximum Gasteiger partial charge on any atom is 0.286 e. The highest BCUT2D eigenvalue weighted by atomic mass is 16.7. The van der Waals surface area contributed by atoms with E-state index in [4.69, 9.17) is 9.57 Å². The zero-order valence-electron chi connectivity index (χ0n) is 15.3. The van der Waals surface area contributed by atoms with Crippen LogP contribution >= 0.6 is 0 Å². The molecule has 134 valence electrons. The van der Waals surface area contributed by atoms with Gasteiger partial charge in [-0.2, -0.15) is 0 Å². The van der Waals surface area contributed by atoms with Crippen LogP contribution in [0.25, 0.3) is 5.69 Å². The maximum atomic E-state index is 6.01. The average molecular weight is 356 g/mol. The summed E-state index contributed by atoms with van der Waals surface area (Å²) in [6, 6.07) is 23.7. The van der Waals surface area contributed by atoms with Crippen LogP contribution in [0.4, 0.5) is 0 Å². The summed E-state index contributed by atoms with van der Waals surface area (Å²) in [5, 5.41) is 0. The van der Waals surface area contributed by atoms with E-state index in [1.807, 2.05) is 97.5 Å². The SMILES string of the molecule is Cc1cc(C)c(On2[c-][n+](-c3ccccc3)cc2)cc1Oc1ccccc1. The normalized spacial score (nSPS) is 10.6. The molecular formula is C23H20N2O2. The molecule has 0 saturated heterocycles. The molecule has 0 bridgehead atoms. The quantitative estimate of drug-likeness (QED) is 0.379. The Labute approximate surface area is 158 Å². The summed E-state index contributed by atoms with van der Waals surface area (Å²) < 4.78 is 9.46. The molecular weight excluding hydrogens is 336 g/mol. The Bertz CT molecular complexity index is 1040. The first kappa shape index (κ1) is 16.9. The third-order valence-electron chi connectivity index (χ3n) is 4.23. The van der Waals surface area contributed by atoms with Crippen molar-refractivity contribution >= 4 is 0 Å². The van der Waals surface area contributed by atoms with Crippen LogP contribution in [-0.2, 0) is 0 Å². The number of hydrogen-bond donors (Lipinski definition) is 0. The van der Waals surface area contributed by atoms with Gasteiger partial charge >= 0.3 is 0 Å². The molecule has 0 saturated carbocycles. The number of nitrogens with zero attached hydrogens (tertiary/aromatic N) is 2. The highest BCUT2D eigenvalue weighted by Gasteiger charge is 2.11. The Morgan fingerprint density at radius 1 is 0.815 bits per heavy atom. The fourth-order valence-electron chi connectivity index (χ4n) is 2.83. The number of imidazole rings is 1. The molecule has 1 aromatic heterocycles. The van der Waals surface area contributed by atoms with Crippen molar-refractivity contribution in [1.29, 1.82) is 0 Å². The summed E-state index contributed by atoms with van der Waals surface area (Å²) in [5.74, 6) is 2.29. The van der Waals surface area contributed by atoms with E-state index < -0.39 is 0 Å². The maximum absolute atomic E-state index is 6.01. The van der Waals surface area contributed by atoms with Crippen LogP contribution in [-0.4, -0.2) is 4.73 Å². The van der Waals surface area contributed by atoms with Crippen molar-refractivity contribution in [2.45, 2.75) is 13.8 Å². The summed E-state index contributed by atoms with van der Waals surface area (Å²) in [6.45, 7) is 4.05. The predicted molar refractivity (Wildman–Crippen MR) is 103 cm³/mol. The molecule has 0 N–H and O–H groups in total. The second-order valence-corrected chi connectivity index (χ2v) is 6.32. The van der Waals surface area contributed by atoms with E-state index in [0.717, 1.165) is 34.1 Å². The monoisotopic (exact) mass is 356 g/mol. The van der Waals surface area contributed by atoms with E-state index in [9.17, 15) is 0 Å². The van der Waals surface area contributed by atoms with Crippen LogP contribution in [0.1, 0.15) is 11.1 Å². The van der Waals surface area contributed by atoms with Gasteiger partial charge < -0.3 is 14.1 Å². The number of aryl methyl sites for hydroxylation is 2. The molecule has 0 fully saturated rings. The summed E-state index contributed by atoms with van der Waals surface area (Å²) in [4.78, 5) is 6.00. The van der Waals surface area contributed by atoms with Gasteiger partial charge in [-0.3, -0.25) is 0 Å². The van der Waals surface area contributed by atoms with Gasteiger partial charge in [-0.15, -0.1) is 4.73 Å². The lowest BCUT2D eigenvalue weighted by atomic mass is 10.1. The summed E-state index contributed by atoms with van der Waals surface area (Å²) >= 11 is 0. The summed E-state index contributed by atoms with van der Waals surface area (Å²) in [5.41, 5.74) is 3.11. The van der Waals surface area contributed by atoms with Crippen LogP contribution < -0.4 is 14.1 Å². The number of aromatic nitrogens is 2. The summed E-state index contributed by atoms with van der Waals surface area (Å²) in [6.07, 6.45) is 6.89. The average Bonchev–Trinajstić information content (AvgIpc) is 3.16. The fraction of sp³-hybridized carbons (Fsp3) is 0.0870. The number of ether oxygens (including phenoxy) is 1. The molecule has 0 atom stereocenters.